The van der Waals surface area contributed by atoms with Crippen LogP contribution in [0.3, 0.4) is 0 Å². The van der Waals surface area contributed by atoms with Crippen LogP contribution in [0.15, 0.2) is 0 Å². The molecule has 0 aliphatic carbocycles. The fourth-order valence-electron chi connectivity index (χ4n) is 1.33. The second-order valence-electron chi connectivity index (χ2n) is 4.36. The summed E-state index contributed by atoms with van der Waals surface area (Å²) >= 11 is 0. The van der Waals surface area contributed by atoms with Crippen molar-refractivity contribution in [3.05, 3.63) is 0 Å². The molecular formula is C15H36NdO12. The van der Waals surface area contributed by atoms with E-state index < -0.39 is 17.9 Å². The van der Waals surface area contributed by atoms with Crippen LogP contribution in [0.25, 0.3) is 0 Å². The van der Waals surface area contributed by atoms with Crippen molar-refractivity contribution in [3.63, 3.8) is 0 Å². The molecule has 0 fully saturated rings. The van der Waals surface area contributed by atoms with E-state index >= 15 is 0 Å². The average molecular weight is 553 g/mol. The van der Waals surface area contributed by atoms with E-state index in [0.717, 1.165) is 0 Å². The largest absolute Gasteiger partial charge is 0.388 e. The molecule has 13 heteroatoms. The molecule has 0 aliphatic heterocycles. The zero-order valence-electron chi connectivity index (χ0n) is 18.1. The van der Waals surface area contributed by atoms with E-state index in [4.69, 9.17) is 58.0 Å². The summed E-state index contributed by atoms with van der Waals surface area (Å²) in [6.07, 6.45) is 0. The molecule has 0 aliphatic rings. The Morgan fingerprint density at radius 2 is 0.500 bits per heavy atom. The van der Waals surface area contributed by atoms with Crippen LogP contribution in [0.1, 0.15) is 0 Å². The molecule has 0 amide bonds. The second-order valence-corrected chi connectivity index (χ2v) is 4.36. The van der Waals surface area contributed by atoms with E-state index in [1.54, 1.807) is 0 Å². The molecule has 0 spiro atoms. The summed E-state index contributed by atoms with van der Waals surface area (Å²) in [5.74, 6) is -3.83. The molecule has 172 valence electrons. The van der Waals surface area contributed by atoms with Crippen molar-refractivity contribution in [2.75, 3.05) is 83.8 Å². The first kappa shape index (κ1) is 36.3. The first-order valence-corrected chi connectivity index (χ1v) is 7.52. The molecule has 0 rings (SSSR count). The molecule has 0 aromatic heterocycles. The number of hydrogen-bond acceptors (Lipinski definition) is 12. The Kier molecular flexibility index (Phi) is 27.3. The van der Waals surface area contributed by atoms with Crippen molar-refractivity contribution in [1.29, 1.82) is 0 Å². The van der Waals surface area contributed by atoms with Gasteiger partial charge in [0, 0.05) is 105 Å². The molecule has 12 nitrogen and oxygen atoms in total. The quantitative estimate of drug-likeness (QED) is 0.248. The van der Waals surface area contributed by atoms with Gasteiger partial charge in [0.05, 0.1) is 0 Å². The number of ether oxygens (including phenoxy) is 9. The molecule has 0 saturated carbocycles. The van der Waals surface area contributed by atoms with Crippen molar-refractivity contribution in [3.8, 4) is 0 Å². The summed E-state index contributed by atoms with van der Waals surface area (Å²) < 4.78 is 42.2. The summed E-state index contributed by atoms with van der Waals surface area (Å²) in [4.78, 5) is 0. The summed E-state index contributed by atoms with van der Waals surface area (Å²) in [5, 5.41) is 25.8. The van der Waals surface area contributed by atoms with Gasteiger partial charge < -0.3 is 58.0 Å². The van der Waals surface area contributed by atoms with Gasteiger partial charge in [0.2, 0.25) is 0 Å². The number of methoxy groups -OCH3 is 9. The van der Waals surface area contributed by atoms with Gasteiger partial charge in [-0.3, -0.25) is 0 Å². The Balaban J connectivity index is -0.000000152. The summed E-state index contributed by atoms with van der Waals surface area (Å²) in [7, 11) is 12.5. The first-order valence-electron chi connectivity index (χ1n) is 7.52. The molecule has 0 radical (unpaired) electrons. The number of rotatable bonds is 12. The standard InChI is InChI=1S/3C5H12O4.Nd/c3*1-7-5(4-6,8-2)9-3;/h3*6H,4H2,1-3H3;. The van der Waals surface area contributed by atoms with Crippen LogP contribution in [0.4, 0.5) is 0 Å². The third kappa shape index (κ3) is 13.2. The summed E-state index contributed by atoms with van der Waals surface area (Å²) in [5.41, 5.74) is 0. The van der Waals surface area contributed by atoms with Gasteiger partial charge in [-0.05, 0) is 0 Å². The van der Waals surface area contributed by atoms with Crippen LogP contribution < -0.4 is 0 Å². The molecule has 28 heavy (non-hydrogen) atoms. The van der Waals surface area contributed by atoms with Crippen molar-refractivity contribution < 1.29 is 98.8 Å². The number of aliphatic hydroxyl groups is 3. The smallest absolute Gasteiger partial charge is 0.306 e. The fourth-order valence-corrected chi connectivity index (χ4v) is 1.33. The Bertz CT molecular complexity index is 209. The summed E-state index contributed by atoms with van der Waals surface area (Å²) in [6.45, 7) is -0.969. The minimum absolute atomic E-state index is 0. The van der Waals surface area contributed by atoms with Crippen LogP contribution in [-0.2, 0) is 42.6 Å². The van der Waals surface area contributed by atoms with Crippen molar-refractivity contribution in [2.24, 2.45) is 0 Å². The molecule has 0 unspecified atom stereocenters. The third-order valence-electron chi connectivity index (χ3n) is 3.38. The zero-order valence-corrected chi connectivity index (χ0v) is 21.3. The Labute approximate surface area is 199 Å². The van der Waals surface area contributed by atoms with Crippen LogP contribution >= 0.6 is 0 Å². The molecule has 3 N–H and O–H groups in total. The maximum absolute atomic E-state index is 8.60. The van der Waals surface area contributed by atoms with E-state index in [0.29, 0.717) is 0 Å². The molecule has 0 heterocycles. The molecule has 0 aromatic rings. The Morgan fingerprint density at radius 1 is 0.393 bits per heavy atom. The van der Waals surface area contributed by atoms with Crippen molar-refractivity contribution in [2.45, 2.75) is 17.9 Å². The van der Waals surface area contributed by atoms with Crippen LogP contribution in [0, 0.1) is 40.8 Å². The molecular weight excluding hydrogens is 516 g/mol. The van der Waals surface area contributed by atoms with Crippen molar-refractivity contribution in [1.82, 2.24) is 0 Å². The van der Waals surface area contributed by atoms with E-state index in [9.17, 15) is 0 Å². The van der Waals surface area contributed by atoms with Gasteiger partial charge in [-0.15, -0.1) is 0 Å². The van der Waals surface area contributed by atoms with E-state index in [-0.39, 0.29) is 60.7 Å². The minimum atomic E-state index is -1.28. The molecule has 0 saturated heterocycles. The Morgan fingerprint density at radius 3 is 0.500 bits per heavy atom. The van der Waals surface area contributed by atoms with Gasteiger partial charge in [-0.2, -0.15) is 0 Å². The maximum atomic E-state index is 8.60. The monoisotopic (exact) mass is 550 g/mol. The topological polar surface area (TPSA) is 144 Å². The predicted octanol–water partition coefficient (Wildman–Crippen LogP) is -1.28. The van der Waals surface area contributed by atoms with Gasteiger partial charge in [0.25, 0.3) is 0 Å². The van der Waals surface area contributed by atoms with Gasteiger partial charge in [-0.1, -0.05) is 0 Å². The third-order valence-corrected chi connectivity index (χ3v) is 3.38. The van der Waals surface area contributed by atoms with E-state index in [1.165, 1.54) is 64.0 Å². The van der Waals surface area contributed by atoms with Crippen LogP contribution in [-0.4, -0.2) is 117 Å². The van der Waals surface area contributed by atoms with Crippen molar-refractivity contribution >= 4 is 0 Å². The Hall–Kier alpha value is 0.871. The van der Waals surface area contributed by atoms with Gasteiger partial charge in [-0.25, -0.2) is 0 Å². The average Bonchev–Trinajstić information content (AvgIpc) is 2.75. The SMILES string of the molecule is COC(CO)(OC)OC.COC(CO)(OC)OC.COC(CO)(OC)OC.[Nd]. The first-order chi connectivity index (χ1) is 12.7. The molecule has 0 bridgehead atoms. The van der Waals surface area contributed by atoms with Gasteiger partial charge >= 0.3 is 17.9 Å². The van der Waals surface area contributed by atoms with Crippen LogP contribution in [0.5, 0.6) is 0 Å². The van der Waals surface area contributed by atoms with Gasteiger partial charge in [0.15, 0.2) is 0 Å². The van der Waals surface area contributed by atoms with E-state index in [1.807, 2.05) is 0 Å². The normalized spacial score (nSPS) is 11.6. The predicted molar refractivity (Wildman–Crippen MR) is 92.5 cm³/mol. The van der Waals surface area contributed by atoms with Crippen LogP contribution in [0.2, 0.25) is 0 Å². The zero-order chi connectivity index (χ0) is 22.0. The molecule has 0 aromatic carbocycles. The van der Waals surface area contributed by atoms with E-state index in [2.05, 4.69) is 0 Å². The maximum Gasteiger partial charge on any atom is 0.306 e. The van der Waals surface area contributed by atoms with Gasteiger partial charge in [0.1, 0.15) is 19.8 Å². The summed E-state index contributed by atoms with van der Waals surface area (Å²) in [6, 6.07) is 0. The second kappa shape index (κ2) is 21.1. The number of aliphatic hydroxyl groups excluding tert-OH is 3. The minimum Gasteiger partial charge on any atom is -0.388 e. The number of hydrogen-bond donors (Lipinski definition) is 3. The molecule has 0 atom stereocenters. The fraction of sp³-hybridized carbons (Fsp3) is 1.00.